The summed E-state index contributed by atoms with van der Waals surface area (Å²) in [5, 5.41) is 12.1. The van der Waals surface area contributed by atoms with Gasteiger partial charge in [0.2, 0.25) is 5.91 Å². The summed E-state index contributed by atoms with van der Waals surface area (Å²) in [4.78, 5) is 11.8. The van der Waals surface area contributed by atoms with Gasteiger partial charge in [0.05, 0.1) is 72.7 Å². The minimum absolute atomic E-state index is 0.0436. The molecule has 0 radical (unpaired) electrons. The van der Waals surface area contributed by atoms with Crippen molar-refractivity contribution in [3.63, 3.8) is 0 Å². The topological polar surface area (TPSA) is 105 Å². The lowest BCUT2D eigenvalue weighted by atomic mass is 10.1. The number of rotatable bonds is 23. The van der Waals surface area contributed by atoms with Crippen LogP contribution in [0.3, 0.4) is 0 Å². The van der Waals surface area contributed by atoms with Crippen LogP contribution in [0.25, 0.3) is 0 Å². The average molecular weight is 472 g/mol. The van der Waals surface area contributed by atoms with E-state index in [1.165, 1.54) is 0 Å². The van der Waals surface area contributed by atoms with Gasteiger partial charge in [-0.25, -0.2) is 0 Å². The molecule has 1 rings (SSSR count). The van der Waals surface area contributed by atoms with Crippen LogP contribution in [0.4, 0.5) is 0 Å². The quantitative estimate of drug-likeness (QED) is 0.233. The van der Waals surface area contributed by atoms with E-state index in [2.05, 4.69) is 12.2 Å². The molecule has 0 spiro atoms. The highest BCUT2D eigenvalue weighted by Gasteiger charge is 2.01. The van der Waals surface area contributed by atoms with Gasteiger partial charge in [0.25, 0.3) is 0 Å². The van der Waals surface area contributed by atoms with Crippen molar-refractivity contribution in [1.29, 1.82) is 0 Å². The predicted octanol–water partition coefficient (Wildman–Crippen LogP) is 1.95. The number of nitrogens with one attached hydrogen (secondary N) is 1. The lowest BCUT2D eigenvalue weighted by Gasteiger charge is -2.08. The predicted molar refractivity (Wildman–Crippen MR) is 125 cm³/mol. The smallest absolute Gasteiger partial charge is 0.222 e. The lowest BCUT2D eigenvalue weighted by molar-refractivity contribution is -0.122. The zero-order valence-electron chi connectivity index (χ0n) is 19.9. The maximum absolute atomic E-state index is 11.8. The Morgan fingerprint density at radius 2 is 1.12 bits per heavy atom. The Kier molecular flexibility index (Phi) is 19.6. The molecule has 2 N–H and O–H groups in total. The Bertz CT molecular complexity index is 570. The minimum atomic E-state index is -0.0436. The van der Waals surface area contributed by atoms with Gasteiger partial charge in [-0.1, -0.05) is 19.1 Å². The fraction of sp³-hybridized carbons (Fsp3) is 0.708. The third-order valence-electron chi connectivity index (χ3n) is 4.35. The van der Waals surface area contributed by atoms with E-state index in [1.807, 2.05) is 12.1 Å². The molecule has 0 saturated heterocycles. The van der Waals surface area contributed by atoms with Crippen molar-refractivity contribution in [1.82, 2.24) is 5.32 Å². The summed E-state index contributed by atoms with van der Waals surface area (Å²) in [5.74, 6) is 0.195. The van der Waals surface area contributed by atoms with Gasteiger partial charge < -0.3 is 38.8 Å². The number of carbonyl (C=O) groups is 1. The normalized spacial score (nSPS) is 11.1. The standard InChI is InChI=1S/C24H41NO8/c1-2-10-28-12-14-30-16-18-32-20-21-33-19-17-31-15-13-29-11-8-24(27)25-9-7-22-3-5-23(26)6-4-22/h3-6,26H,2,7-21H2,1H3,(H,25,27). The van der Waals surface area contributed by atoms with E-state index in [1.54, 1.807) is 12.1 Å². The molecule has 0 heterocycles. The molecule has 0 atom stereocenters. The summed E-state index contributed by atoms with van der Waals surface area (Å²) in [7, 11) is 0. The second-order valence-corrected chi connectivity index (χ2v) is 7.19. The van der Waals surface area contributed by atoms with E-state index < -0.39 is 0 Å². The summed E-state index contributed by atoms with van der Waals surface area (Å²) >= 11 is 0. The van der Waals surface area contributed by atoms with Gasteiger partial charge in [-0.3, -0.25) is 4.79 Å². The molecule has 0 aliphatic rings. The third kappa shape index (κ3) is 19.4. The maximum atomic E-state index is 11.8. The SMILES string of the molecule is CCCOCCOCCOCCOCCOCCOCCC(=O)NCCc1ccc(O)cc1. The number of aromatic hydroxyl groups is 1. The molecule has 0 unspecified atom stereocenters. The van der Waals surface area contributed by atoms with Crippen LogP contribution >= 0.6 is 0 Å². The van der Waals surface area contributed by atoms with Gasteiger partial charge in [-0.05, 0) is 30.5 Å². The zero-order valence-corrected chi connectivity index (χ0v) is 19.9. The Morgan fingerprint density at radius 1 is 0.697 bits per heavy atom. The summed E-state index contributed by atoms with van der Waals surface area (Å²) in [6.07, 6.45) is 2.06. The number of hydrogen-bond acceptors (Lipinski definition) is 8. The van der Waals surface area contributed by atoms with E-state index in [-0.39, 0.29) is 11.7 Å². The van der Waals surface area contributed by atoms with Crippen LogP contribution in [-0.4, -0.2) is 96.8 Å². The van der Waals surface area contributed by atoms with Crippen LogP contribution in [0.1, 0.15) is 25.3 Å². The number of carbonyl (C=O) groups excluding carboxylic acids is 1. The van der Waals surface area contributed by atoms with Crippen LogP contribution in [-0.2, 0) is 39.6 Å². The molecule has 1 aromatic carbocycles. The Labute approximate surface area is 197 Å². The van der Waals surface area contributed by atoms with Crippen LogP contribution in [0.15, 0.2) is 24.3 Å². The van der Waals surface area contributed by atoms with E-state index in [4.69, 9.17) is 28.4 Å². The monoisotopic (exact) mass is 471 g/mol. The van der Waals surface area contributed by atoms with Gasteiger partial charge in [0.1, 0.15) is 5.75 Å². The number of phenolic OH excluding ortho intramolecular Hbond substituents is 1. The van der Waals surface area contributed by atoms with Crippen LogP contribution in [0.2, 0.25) is 0 Å². The molecule has 0 saturated carbocycles. The molecule has 0 aliphatic heterocycles. The van der Waals surface area contributed by atoms with Crippen molar-refractivity contribution in [2.75, 3.05) is 85.8 Å². The first-order valence-corrected chi connectivity index (χ1v) is 11.7. The molecule has 9 heteroatoms. The Hall–Kier alpha value is -1.75. The third-order valence-corrected chi connectivity index (χ3v) is 4.35. The molecule has 0 bridgehead atoms. The fourth-order valence-corrected chi connectivity index (χ4v) is 2.61. The molecule has 9 nitrogen and oxygen atoms in total. The number of benzene rings is 1. The number of ether oxygens (including phenoxy) is 6. The van der Waals surface area contributed by atoms with Crippen molar-refractivity contribution in [2.45, 2.75) is 26.2 Å². The summed E-state index contributed by atoms with van der Waals surface area (Å²) in [6, 6.07) is 6.96. The highest BCUT2D eigenvalue weighted by atomic mass is 16.6. The van der Waals surface area contributed by atoms with Crippen LogP contribution < -0.4 is 5.32 Å². The Balaban J connectivity index is 1.74. The molecule has 0 aliphatic carbocycles. The van der Waals surface area contributed by atoms with Crippen LogP contribution in [0.5, 0.6) is 5.75 Å². The summed E-state index contributed by atoms with van der Waals surface area (Å²) < 4.78 is 32.4. The molecule has 0 fully saturated rings. The molecular weight excluding hydrogens is 430 g/mol. The van der Waals surface area contributed by atoms with Crippen molar-refractivity contribution in [2.24, 2.45) is 0 Å². The highest BCUT2D eigenvalue weighted by molar-refractivity contribution is 5.75. The largest absolute Gasteiger partial charge is 0.508 e. The van der Waals surface area contributed by atoms with Crippen molar-refractivity contribution >= 4 is 5.91 Å². The zero-order chi connectivity index (χ0) is 23.8. The molecule has 0 aromatic heterocycles. The van der Waals surface area contributed by atoms with E-state index in [0.717, 1.165) is 25.0 Å². The highest BCUT2D eigenvalue weighted by Crippen LogP contribution is 2.09. The van der Waals surface area contributed by atoms with Crippen molar-refractivity contribution < 1.29 is 38.3 Å². The van der Waals surface area contributed by atoms with E-state index in [9.17, 15) is 9.90 Å². The molecule has 33 heavy (non-hydrogen) atoms. The maximum Gasteiger partial charge on any atom is 0.222 e. The number of amides is 1. The first-order valence-electron chi connectivity index (χ1n) is 11.7. The average Bonchev–Trinajstić information content (AvgIpc) is 2.82. The molecule has 1 aromatic rings. The van der Waals surface area contributed by atoms with Gasteiger partial charge >= 0.3 is 0 Å². The number of hydrogen-bond donors (Lipinski definition) is 2. The van der Waals surface area contributed by atoms with Crippen molar-refractivity contribution in [3.05, 3.63) is 29.8 Å². The van der Waals surface area contributed by atoms with Crippen molar-refractivity contribution in [3.8, 4) is 5.75 Å². The molecule has 190 valence electrons. The number of phenols is 1. The van der Waals surface area contributed by atoms with E-state index in [0.29, 0.717) is 85.6 Å². The van der Waals surface area contributed by atoms with Gasteiger partial charge in [-0.2, -0.15) is 0 Å². The summed E-state index contributed by atoms with van der Waals surface area (Å²) in [6.45, 7) is 9.01. The summed E-state index contributed by atoms with van der Waals surface area (Å²) in [5.41, 5.74) is 1.06. The van der Waals surface area contributed by atoms with Crippen LogP contribution in [0, 0.1) is 0 Å². The fourth-order valence-electron chi connectivity index (χ4n) is 2.61. The van der Waals surface area contributed by atoms with Gasteiger partial charge in [-0.15, -0.1) is 0 Å². The Morgan fingerprint density at radius 3 is 1.58 bits per heavy atom. The molecule has 1 amide bonds. The molecular formula is C24H41NO8. The minimum Gasteiger partial charge on any atom is -0.508 e. The van der Waals surface area contributed by atoms with Gasteiger partial charge in [0.15, 0.2) is 0 Å². The van der Waals surface area contributed by atoms with Gasteiger partial charge in [0, 0.05) is 19.6 Å². The second-order valence-electron chi connectivity index (χ2n) is 7.19. The second kappa shape index (κ2) is 22.1. The first kappa shape index (κ1) is 29.3. The first-order chi connectivity index (χ1) is 16.2. The lowest BCUT2D eigenvalue weighted by Crippen LogP contribution is -2.26. The van der Waals surface area contributed by atoms with E-state index >= 15 is 0 Å².